The molecule has 116 valence electrons. The summed E-state index contributed by atoms with van der Waals surface area (Å²) in [5, 5.41) is 11.9. The summed E-state index contributed by atoms with van der Waals surface area (Å²) in [6.07, 6.45) is 10.0. The van der Waals surface area contributed by atoms with Crippen molar-refractivity contribution < 1.29 is 39.5 Å². The zero-order chi connectivity index (χ0) is 14.8. The first-order chi connectivity index (χ1) is 9.95. The molecule has 0 radical (unpaired) electrons. The van der Waals surface area contributed by atoms with Crippen LogP contribution < -0.4 is 34.7 Å². The Bertz CT molecular complexity index is 514. The number of allylic oxidation sites excluding steroid dienone is 1. The molecule has 3 heteroatoms. The van der Waals surface area contributed by atoms with Crippen molar-refractivity contribution in [2.24, 2.45) is 28.6 Å². The van der Waals surface area contributed by atoms with Crippen LogP contribution in [0.4, 0.5) is 0 Å². The van der Waals surface area contributed by atoms with E-state index in [0.29, 0.717) is 23.5 Å². The first-order valence-electron chi connectivity index (χ1n) is 8.84. The largest absolute Gasteiger partial charge is 1.00 e. The van der Waals surface area contributed by atoms with E-state index in [4.69, 9.17) is 0 Å². The third kappa shape index (κ3) is 2.24. The molecule has 2 nitrogen and oxygen atoms in total. The molecule has 0 amide bonds. The summed E-state index contributed by atoms with van der Waals surface area (Å²) in [5.74, 6) is 2.53. The number of carbonyl (C=O) groups excluding carboxylic acids is 1. The van der Waals surface area contributed by atoms with Crippen molar-refractivity contribution >= 4 is 5.78 Å². The minimum atomic E-state index is -0.372. The fraction of sp³-hybridized carbons (Fsp3) is 0.842. The van der Waals surface area contributed by atoms with E-state index in [1.807, 2.05) is 0 Å². The Kier molecular flexibility index (Phi) is 4.47. The number of hydrogen-bond acceptors (Lipinski definition) is 2. The van der Waals surface area contributed by atoms with Crippen LogP contribution in [0.3, 0.4) is 0 Å². The number of rotatable bonds is 0. The van der Waals surface area contributed by atoms with Crippen LogP contribution in [0, 0.1) is 28.6 Å². The second-order valence-corrected chi connectivity index (χ2v) is 8.54. The molecule has 0 bridgehead atoms. The first-order valence-corrected chi connectivity index (χ1v) is 8.84. The van der Waals surface area contributed by atoms with E-state index in [1.54, 1.807) is 0 Å². The molecular weight excluding hydrogens is 283 g/mol. The molecule has 4 aliphatic carbocycles. The maximum absolute atomic E-state index is 12.4. The van der Waals surface area contributed by atoms with Crippen LogP contribution in [0.25, 0.3) is 0 Å². The number of carbonyl (C=O) groups is 1. The van der Waals surface area contributed by atoms with Crippen molar-refractivity contribution in [3.63, 3.8) is 0 Å². The number of fused-ring (bicyclic) bond motifs is 5. The summed E-state index contributed by atoms with van der Waals surface area (Å²) in [6.45, 7) is 4.65. The second kappa shape index (κ2) is 5.72. The average Bonchev–Trinajstić information content (AvgIpc) is 2.76. The molecule has 0 aromatic carbocycles. The van der Waals surface area contributed by atoms with E-state index in [-0.39, 0.29) is 46.5 Å². The van der Waals surface area contributed by atoms with Crippen molar-refractivity contribution in [3.8, 4) is 0 Å². The molecule has 0 spiro atoms. The van der Waals surface area contributed by atoms with Crippen LogP contribution >= 0.6 is 0 Å². The van der Waals surface area contributed by atoms with Crippen LogP contribution in [-0.4, -0.2) is 11.9 Å². The predicted octanol–water partition coefficient (Wildman–Crippen LogP) is 0.251. The van der Waals surface area contributed by atoms with E-state index in [0.717, 1.165) is 44.9 Å². The molecule has 22 heavy (non-hydrogen) atoms. The van der Waals surface area contributed by atoms with Crippen LogP contribution in [0.1, 0.15) is 65.2 Å². The Balaban J connectivity index is 0.00000144. The van der Waals surface area contributed by atoms with Crippen LogP contribution in [-0.2, 0) is 4.79 Å². The Hall–Kier alpha value is 0.370. The van der Waals surface area contributed by atoms with E-state index in [2.05, 4.69) is 19.9 Å². The summed E-state index contributed by atoms with van der Waals surface area (Å²) < 4.78 is 0. The van der Waals surface area contributed by atoms with Gasteiger partial charge in [-0.25, -0.2) is 0 Å². The van der Waals surface area contributed by atoms with Gasteiger partial charge in [0, 0.05) is 11.8 Å². The van der Waals surface area contributed by atoms with Crippen molar-refractivity contribution in [3.05, 3.63) is 11.6 Å². The minimum absolute atomic E-state index is 0. The summed E-state index contributed by atoms with van der Waals surface area (Å²) in [5.41, 5.74) is 1.69. The molecule has 0 aromatic rings. The maximum Gasteiger partial charge on any atom is 1.00 e. The monoisotopic (exact) mass is 310 g/mol. The summed E-state index contributed by atoms with van der Waals surface area (Å²) in [4.78, 5) is 12.4. The van der Waals surface area contributed by atoms with Crippen LogP contribution in [0.5, 0.6) is 0 Å². The van der Waals surface area contributed by atoms with E-state index < -0.39 is 0 Å². The summed E-state index contributed by atoms with van der Waals surface area (Å²) >= 11 is 0. The fourth-order valence-corrected chi connectivity index (χ4v) is 6.40. The van der Waals surface area contributed by atoms with Gasteiger partial charge in [0.05, 0.1) is 0 Å². The van der Waals surface area contributed by atoms with E-state index in [9.17, 15) is 9.90 Å². The standard InChI is InChI=1S/C19H27O2.Na/c1-18-9-7-13(20)11-12(18)3-4-14-15-5-6-17(21)19(15,2)10-8-16(14)18;/h3,13-16H,4-11H2,1-2H3;/q-1;+1/t13-,14-,15-,16-,18-,19-;/m0./s1. The molecule has 6 atom stereocenters. The molecule has 0 saturated heterocycles. The van der Waals surface area contributed by atoms with Crippen LogP contribution in [0.15, 0.2) is 11.6 Å². The number of hydrogen-bond donors (Lipinski definition) is 0. The predicted molar refractivity (Wildman–Crippen MR) is 80.5 cm³/mol. The average molecular weight is 310 g/mol. The quantitative estimate of drug-likeness (QED) is 0.475. The Morgan fingerprint density at radius 2 is 1.77 bits per heavy atom. The van der Waals surface area contributed by atoms with Crippen molar-refractivity contribution in [2.45, 2.75) is 71.3 Å². The number of Topliss-reactive ketones (excluding diaryl/α,β-unsaturated/α-hetero) is 1. The molecule has 0 unspecified atom stereocenters. The molecular formula is C19H27NaO2. The van der Waals surface area contributed by atoms with E-state index in [1.165, 1.54) is 12.0 Å². The van der Waals surface area contributed by atoms with Gasteiger partial charge in [-0.3, -0.25) is 4.79 Å². The molecule has 0 N–H and O–H groups in total. The number of ketones is 1. The van der Waals surface area contributed by atoms with Crippen LogP contribution in [0.2, 0.25) is 0 Å². The van der Waals surface area contributed by atoms with Crippen molar-refractivity contribution in [1.82, 2.24) is 0 Å². The smallest absolute Gasteiger partial charge is 0.852 e. The van der Waals surface area contributed by atoms with Gasteiger partial charge in [0.25, 0.3) is 0 Å². The van der Waals surface area contributed by atoms with Gasteiger partial charge in [0.2, 0.25) is 0 Å². The SMILES string of the molecule is C[C@]12CC[C@H]([O-])CC1=CC[C@@H]1[C@@H]2CC[C@]2(C)C(=O)CC[C@@H]12.[Na+]. The normalized spacial score (nSPS) is 50.3. The molecule has 3 fully saturated rings. The zero-order valence-corrected chi connectivity index (χ0v) is 16.4. The summed E-state index contributed by atoms with van der Waals surface area (Å²) in [6, 6.07) is 0. The maximum atomic E-state index is 12.4. The van der Waals surface area contributed by atoms with Gasteiger partial charge in [-0.2, -0.15) is 0 Å². The first kappa shape index (κ1) is 17.2. The molecule has 3 saturated carbocycles. The van der Waals surface area contributed by atoms with Gasteiger partial charge in [-0.05, 0) is 61.7 Å². The van der Waals surface area contributed by atoms with Gasteiger partial charge in [0.15, 0.2) is 0 Å². The van der Waals surface area contributed by atoms with Gasteiger partial charge in [-0.15, -0.1) is 6.10 Å². The summed E-state index contributed by atoms with van der Waals surface area (Å²) in [7, 11) is 0. The second-order valence-electron chi connectivity index (χ2n) is 8.54. The van der Waals surface area contributed by atoms with Gasteiger partial charge < -0.3 is 5.11 Å². The molecule has 0 aliphatic heterocycles. The Morgan fingerprint density at radius 1 is 1.09 bits per heavy atom. The minimum Gasteiger partial charge on any atom is -0.852 e. The Morgan fingerprint density at radius 3 is 2.55 bits per heavy atom. The fourth-order valence-electron chi connectivity index (χ4n) is 6.40. The van der Waals surface area contributed by atoms with Gasteiger partial charge in [-0.1, -0.05) is 31.9 Å². The van der Waals surface area contributed by atoms with Gasteiger partial charge in [0.1, 0.15) is 5.78 Å². The topological polar surface area (TPSA) is 40.1 Å². The van der Waals surface area contributed by atoms with Crippen molar-refractivity contribution in [1.29, 1.82) is 0 Å². The molecule has 0 aromatic heterocycles. The molecule has 4 rings (SSSR count). The van der Waals surface area contributed by atoms with Crippen molar-refractivity contribution in [2.75, 3.05) is 0 Å². The van der Waals surface area contributed by atoms with Gasteiger partial charge >= 0.3 is 29.6 Å². The Labute approximate surface area is 156 Å². The van der Waals surface area contributed by atoms with E-state index >= 15 is 0 Å². The third-order valence-electron chi connectivity index (χ3n) is 7.77. The molecule has 0 heterocycles. The zero-order valence-electron chi connectivity index (χ0n) is 14.4. The molecule has 4 aliphatic rings. The third-order valence-corrected chi connectivity index (χ3v) is 7.77.